The fourth-order valence-corrected chi connectivity index (χ4v) is 3.62. The van der Waals surface area contributed by atoms with Crippen molar-refractivity contribution < 1.29 is 4.39 Å². The van der Waals surface area contributed by atoms with Crippen molar-refractivity contribution in [2.45, 2.75) is 6.17 Å². The molecule has 0 bridgehead atoms. The Balaban J connectivity index is 1.69. The summed E-state index contributed by atoms with van der Waals surface area (Å²) in [6.45, 7) is 0. The van der Waals surface area contributed by atoms with Gasteiger partial charge in [-0.15, -0.1) is 0 Å². The quantitative estimate of drug-likeness (QED) is 0.539. The van der Waals surface area contributed by atoms with Crippen LogP contribution in [0.3, 0.4) is 0 Å². The average molecular weight is 323 g/mol. The van der Waals surface area contributed by atoms with Gasteiger partial charge in [-0.25, -0.2) is 9.37 Å². The molecule has 1 aromatic heterocycles. The van der Waals surface area contributed by atoms with Gasteiger partial charge in [0.15, 0.2) is 5.13 Å². The molecule has 114 valence electrons. The molecule has 0 saturated heterocycles. The van der Waals surface area contributed by atoms with Gasteiger partial charge in [0.05, 0.1) is 10.2 Å². The largest absolute Gasteiger partial charge is 0.342 e. The highest BCUT2D eigenvalue weighted by molar-refractivity contribution is 7.22. The predicted molar refractivity (Wildman–Crippen MR) is 94.1 cm³/mol. The topological polar surface area (TPSA) is 50.9 Å². The minimum absolute atomic E-state index is 0.258. The van der Waals surface area contributed by atoms with E-state index in [4.69, 9.17) is 5.73 Å². The van der Waals surface area contributed by atoms with Gasteiger partial charge in [-0.2, -0.15) is 0 Å². The first-order valence-corrected chi connectivity index (χ1v) is 8.08. The van der Waals surface area contributed by atoms with Gasteiger partial charge in [-0.3, -0.25) is 0 Å². The number of benzene rings is 3. The van der Waals surface area contributed by atoms with Crippen LogP contribution in [0.1, 0.15) is 11.7 Å². The van der Waals surface area contributed by atoms with Gasteiger partial charge in [-0.1, -0.05) is 53.8 Å². The van der Waals surface area contributed by atoms with Crippen LogP contribution in [0, 0.1) is 5.82 Å². The minimum atomic E-state index is -0.383. The summed E-state index contributed by atoms with van der Waals surface area (Å²) < 4.78 is 14.1. The molecule has 4 aromatic rings. The van der Waals surface area contributed by atoms with Crippen LogP contribution in [0.4, 0.5) is 9.52 Å². The standard InChI is InChI=1S/C18H14FN3S/c19-12-8-9-15-16(10-12)23-18(21-15)22-17(20)14-7-3-5-11-4-1-2-6-13(11)14/h1-10,17H,20H2,(H,21,22). The van der Waals surface area contributed by atoms with Crippen molar-refractivity contribution in [1.29, 1.82) is 0 Å². The van der Waals surface area contributed by atoms with Crippen LogP contribution in [0.2, 0.25) is 0 Å². The summed E-state index contributed by atoms with van der Waals surface area (Å²) in [6, 6.07) is 18.8. The Morgan fingerprint density at radius 2 is 1.87 bits per heavy atom. The van der Waals surface area contributed by atoms with Crippen molar-refractivity contribution in [2.75, 3.05) is 5.32 Å². The summed E-state index contributed by atoms with van der Waals surface area (Å²) in [4.78, 5) is 4.46. The second-order valence-corrected chi connectivity index (χ2v) is 6.35. The van der Waals surface area contributed by atoms with E-state index in [0.29, 0.717) is 5.13 Å². The number of hydrogen-bond donors (Lipinski definition) is 2. The lowest BCUT2D eigenvalue weighted by molar-refractivity contribution is 0.630. The molecule has 4 rings (SSSR count). The lowest BCUT2D eigenvalue weighted by Crippen LogP contribution is -2.20. The Hall–Kier alpha value is -2.50. The van der Waals surface area contributed by atoms with E-state index in [9.17, 15) is 4.39 Å². The number of rotatable bonds is 3. The number of anilines is 1. The third-order valence-electron chi connectivity index (χ3n) is 3.79. The number of halogens is 1. The Morgan fingerprint density at radius 3 is 2.78 bits per heavy atom. The summed E-state index contributed by atoms with van der Waals surface area (Å²) in [6.07, 6.45) is -0.383. The van der Waals surface area contributed by atoms with Crippen LogP contribution in [-0.4, -0.2) is 4.98 Å². The maximum absolute atomic E-state index is 13.3. The summed E-state index contributed by atoms with van der Waals surface area (Å²) in [7, 11) is 0. The zero-order valence-corrected chi connectivity index (χ0v) is 13.0. The maximum atomic E-state index is 13.3. The van der Waals surface area contributed by atoms with Gasteiger partial charge < -0.3 is 11.1 Å². The van der Waals surface area contributed by atoms with Crippen molar-refractivity contribution in [3.8, 4) is 0 Å². The molecule has 0 saturated carbocycles. The monoisotopic (exact) mass is 323 g/mol. The summed E-state index contributed by atoms with van der Waals surface area (Å²) in [5, 5.41) is 6.17. The lowest BCUT2D eigenvalue weighted by Gasteiger charge is -2.15. The summed E-state index contributed by atoms with van der Waals surface area (Å²) in [5.41, 5.74) is 8.10. The highest BCUT2D eigenvalue weighted by Crippen LogP contribution is 2.29. The molecule has 3 aromatic carbocycles. The molecule has 0 spiro atoms. The van der Waals surface area contributed by atoms with Gasteiger partial charge in [0, 0.05) is 0 Å². The summed E-state index contributed by atoms with van der Waals surface area (Å²) >= 11 is 1.40. The first kappa shape index (κ1) is 14.1. The molecule has 0 amide bonds. The van der Waals surface area contributed by atoms with E-state index in [-0.39, 0.29) is 12.0 Å². The van der Waals surface area contributed by atoms with Crippen molar-refractivity contribution in [3.63, 3.8) is 0 Å². The molecule has 0 aliphatic heterocycles. The van der Waals surface area contributed by atoms with Crippen LogP contribution >= 0.6 is 11.3 Å². The molecule has 1 unspecified atom stereocenters. The predicted octanol–water partition coefficient (Wildman–Crippen LogP) is 4.66. The molecule has 3 nitrogen and oxygen atoms in total. The normalized spacial score (nSPS) is 12.6. The molecular formula is C18H14FN3S. The third-order valence-corrected chi connectivity index (χ3v) is 4.74. The SMILES string of the molecule is NC(Nc1nc2ccc(F)cc2s1)c1cccc2ccccc12. The Bertz CT molecular complexity index is 991. The van der Waals surface area contributed by atoms with Crippen LogP contribution in [0.15, 0.2) is 60.7 Å². The van der Waals surface area contributed by atoms with E-state index < -0.39 is 0 Å². The second kappa shape index (κ2) is 5.61. The number of nitrogens with two attached hydrogens (primary N) is 1. The maximum Gasteiger partial charge on any atom is 0.185 e. The first-order valence-electron chi connectivity index (χ1n) is 7.26. The van der Waals surface area contributed by atoms with Crippen LogP contribution in [-0.2, 0) is 0 Å². The molecule has 1 heterocycles. The number of hydrogen-bond acceptors (Lipinski definition) is 4. The molecule has 5 heteroatoms. The zero-order valence-electron chi connectivity index (χ0n) is 12.2. The molecule has 0 aliphatic rings. The van der Waals surface area contributed by atoms with Gasteiger partial charge in [0.2, 0.25) is 0 Å². The van der Waals surface area contributed by atoms with Crippen molar-refractivity contribution in [3.05, 3.63) is 72.0 Å². The fourth-order valence-electron chi connectivity index (χ4n) is 2.69. The van der Waals surface area contributed by atoms with Gasteiger partial charge in [-0.05, 0) is 34.5 Å². The molecule has 23 heavy (non-hydrogen) atoms. The average Bonchev–Trinajstić information content (AvgIpc) is 2.95. The van der Waals surface area contributed by atoms with E-state index in [1.54, 1.807) is 6.07 Å². The number of nitrogens with zero attached hydrogens (tertiary/aromatic N) is 1. The van der Waals surface area contributed by atoms with Gasteiger partial charge in [0.25, 0.3) is 0 Å². The van der Waals surface area contributed by atoms with Crippen molar-refractivity contribution in [2.24, 2.45) is 5.73 Å². The van der Waals surface area contributed by atoms with Crippen LogP contribution in [0.25, 0.3) is 21.0 Å². The summed E-state index contributed by atoms with van der Waals surface area (Å²) in [5.74, 6) is -0.258. The Labute approximate surface area is 136 Å². The van der Waals surface area contributed by atoms with Gasteiger partial charge >= 0.3 is 0 Å². The van der Waals surface area contributed by atoms with E-state index in [0.717, 1.165) is 26.6 Å². The Kier molecular flexibility index (Phi) is 3.44. The highest BCUT2D eigenvalue weighted by Gasteiger charge is 2.12. The van der Waals surface area contributed by atoms with E-state index >= 15 is 0 Å². The van der Waals surface area contributed by atoms with E-state index in [2.05, 4.69) is 28.5 Å². The molecule has 0 radical (unpaired) electrons. The smallest absolute Gasteiger partial charge is 0.185 e. The molecule has 0 aliphatic carbocycles. The second-order valence-electron chi connectivity index (χ2n) is 5.32. The van der Waals surface area contributed by atoms with E-state index in [1.165, 1.54) is 23.5 Å². The first-order chi connectivity index (χ1) is 11.2. The number of nitrogens with one attached hydrogen (secondary N) is 1. The Morgan fingerprint density at radius 1 is 1.04 bits per heavy atom. The molecule has 0 fully saturated rings. The minimum Gasteiger partial charge on any atom is -0.342 e. The highest BCUT2D eigenvalue weighted by atomic mass is 32.1. The fraction of sp³-hybridized carbons (Fsp3) is 0.0556. The van der Waals surface area contributed by atoms with Crippen molar-refractivity contribution >= 4 is 37.5 Å². The molecular weight excluding hydrogens is 309 g/mol. The third kappa shape index (κ3) is 2.65. The zero-order chi connectivity index (χ0) is 15.8. The van der Waals surface area contributed by atoms with Crippen LogP contribution in [0.5, 0.6) is 0 Å². The molecule has 3 N–H and O–H groups in total. The number of aromatic nitrogens is 1. The molecule has 1 atom stereocenters. The number of fused-ring (bicyclic) bond motifs is 2. The van der Waals surface area contributed by atoms with E-state index in [1.807, 2.05) is 24.3 Å². The number of thiazole rings is 1. The van der Waals surface area contributed by atoms with Crippen LogP contribution < -0.4 is 11.1 Å². The van der Waals surface area contributed by atoms with Gasteiger partial charge in [0.1, 0.15) is 12.0 Å². The lowest BCUT2D eigenvalue weighted by atomic mass is 10.0. The van der Waals surface area contributed by atoms with Crippen molar-refractivity contribution in [1.82, 2.24) is 4.98 Å².